The van der Waals surface area contributed by atoms with Crippen molar-refractivity contribution < 1.29 is 9.53 Å². The molecule has 20 heavy (non-hydrogen) atoms. The molecule has 2 heterocycles. The number of ether oxygens (including phenoxy) is 1. The molecule has 4 nitrogen and oxygen atoms in total. The maximum Gasteiger partial charge on any atom is 0.258 e. The van der Waals surface area contributed by atoms with E-state index in [1.54, 1.807) is 18.5 Å². The molecule has 0 bridgehead atoms. The monoisotopic (exact) mass is 332 g/mol. The van der Waals surface area contributed by atoms with Crippen molar-refractivity contribution in [3.05, 3.63) is 58.3 Å². The molecule has 2 aromatic rings. The van der Waals surface area contributed by atoms with E-state index in [-0.39, 0.29) is 5.91 Å². The van der Waals surface area contributed by atoms with Crippen LogP contribution in [0, 0.1) is 0 Å². The van der Waals surface area contributed by atoms with Gasteiger partial charge in [0.1, 0.15) is 0 Å². The minimum Gasteiger partial charge on any atom is -0.363 e. The third-order valence-corrected chi connectivity index (χ3v) is 3.89. The summed E-state index contributed by atoms with van der Waals surface area (Å²) in [4.78, 5) is 16.4. The number of aromatic nitrogens is 1. The van der Waals surface area contributed by atoms with Crippen LogP contribution in [0.25, 0.3) is 0 Å². The number of halogens is 1. The molecule has 5 heteroatoms. The van der Waals surface area contributed by atoms with E-state index in [9.17, 15) is 4.79 Å². The number of carbonyl (C=O) groups excluding carboxylic acids is 1. The number of hydrogen-bond acceptors (Lipinski definition) is 3. The molecule has 1 aliphatic rings. The van der Waals surface area contributed by atoms with Gasteiger partial charge in [0.25, 0.3) is 5.91 Å². The summed E-state index contributed by atoms with van der Waals surface area (Å²) in [6.45, 7) is 0.562. The molecule has 1 N–H and O–H groups in total. The van der Waals surface area contributed by atoms with E-state index in [0.717, 1.165) is 16.5 Å². The first-order valence-electron chi connectivity index (χ1n) is 6.35. The van der Waals surface area contributed by atoms with Gasteiger partial charge in [0.05, 0.1) is 16.8 Å². The highest BCUT2D eigenvalue weighted by molar-refractivity contribution is 9.10. The van der Waals surface area contributed by atoms with Crippen molar-refractivity contribution in [2.75, 3.05) is 11.9 Å². The number of amides is 1. The predicted molar refractivity (Wildman–Crippen MR) is 79.4 cm³/mol. The molecule has 0 radical (unpaired) electrons. The van der Waals surface area contributed by atoms with Gasteiger partial charge in [-0.3, -0.25) is 9.78 Å². The van der Waals surface area contributed by atoms with Gasteiger partial charge >= 0.3 is 0 Å². The second-order valence-corrected chi connectivity index (χ2v) is 5.40. The van der Waals surface area contributed by atoms with E-state index < -0.39 is 6.10 Å². The first-order chi connectivity index (χ1) is 9.75. The fourth-order valence-corrected chi connectivity index (χ4v) is 2.64. The Morgan fingerprint density at radius 2 is 2.20 bits per heavy atom. The van der Waals surface area contributed by atoms with Gasteiger partial charge in [-0.05, 0) is 39.5 Å². The number of rotatable bonds is 2. The van der Waals surface area contributed by atoms with Gasteiger partial charge in [-0.15, -0.1) is 0 Å². The standard InChI is InChI=1S/C15H13BrN2O2/c16-12-9-17-7-5-13(12)18-15(19)14-11-4-2-1-3-10(11)6-8-20-14/h1-5,7,9,14H,6,8H2,(H,17,18,19). The number of fused-ring (bicyclic) bond motifs is 1. The molecule has 1 aliphatic heterocycles. The normalized spacial score (nSPS) is 17.4. The van der Waals surface area contributed by atoms with E-state index in [4.69, 9.17) is 4.74 Å². The van der Waals surface area contributed by atoms with Crippen LogP contribution in [0.15, 0.2) is 47.2 Å². The molecule has 1 atom stereocenters. The van der Waals surface area contributed by atoms with Crippen molar-refractivity contribution in [1.82, 2.24) is 4.98 Å². The van der Waals surface area contributed by atoms with Gasteiger partial charge in [-0.1, -0.05) is 24.3 Å². The van der Waals surface area contributed by atoms with Gasteiger partial charge in [0.15, 0.2) is 6.10 Å². The van der Waals surface area contributed by atoms with Crippen molar-refractivity contribution in [2.45, 2.75) is 12.5 Å². The second kappa shape index (κ2) is 5.73. The number of nitrogens with one attached hydrogen (secondary N) is 1. The lowest BCUT2D eigenvalue weighted by molar-refractivity contribution is -0.128. The third-order valence-electron chi connectivity index (χ3n) is 3.26. The SMILES string of the molecule is O=C(Nc1ccncc1Br)C1OCCc2ccccc21. The van der Waals surface area contributed by atoms with Crippen molar-refractivity contribution in [1.29, 1.82) is 0 Å². The molecule has 102 valence electrons. The molecule has 3 rings (SSSR count). The molecule has 0 aliphatic carbocycles. The lowest BCUT2D eigenvalue weighted by atomic mass is 9.97. The van der Waals surface area contributed by atoms with Crippen molar-refractivity contribution >= 4 is 27.5 Å². The van der Waals surface area contributed by atoms with E-state index in [1.807, 2.05) is 24.3 Å². The first-order valence-corrected chi connectivity index (χ1v) is 7.15. The van der Waals surface area contributed by atoms with Crippen molar-refractivity contribution in [3.63, 3.8) is 0 Å². The molecule has 0 fully saturated rings. The van der Waals surface area contributed by atoms with Crippen LogP contribution in [0.4, 0.5) is 5.69 Å². The molecule has 1 aromatic heterocycles. The van der Waals surface area contributed by atoms with Crippen LogP contribution in [0.5, 0.6) is 0 Å². The van der Waals surface area contributed by atoms with Crippen LogP contribution >= 0.6 is 15.9 Å². The van der Waals surface area contributed by atoms with Crippen molar-refractivity contribution in [3.8, 4) is 0 Å². The first kappa shape index (κ1) is 13.3. The molecule has 0 saturated heterocycles. The van der Waals surface area contributed by atoms with E-state index in [2.05, 4.69) is 26.2 Å². The smallest absolute Gasteiger partial charge is 0.258 e. The van der Waals surface area contributed by atoms with Gasteiger partial charge in [-0.25, -0.2) is 0 Å². The highest BCUT2D eigenvalue weighted by atomic mass is 79.9. The largest absolute Gasteiger partial charge is 0.363 e. The van der Waals surface area contributed by atoms with E-state index in [0.29, 0.717) is 12.3 Å². The van der Waals surface area contributed by atoms with Crippen LogP contribution in [-0.2, 0) is 16.0 Å². The quantitative estimate of drug-likeness (QED) is 0.919. The summed E-state index contributed by atoms with van der Waals surface area (Å²) in [5, 5.41) is 2.87. The molecular weight excluding hydrogens is 320 g/mol. The zero-order valence-electron chi connectivity index (χ0n) is 10.7. The number of pyridine rings is 1. The Hall–Kier alpha value is -1.72. The number of benzene rings is 1. The van der Waals surface area contributed by atoms with Crippen LogP contribution < -0.4 is 5.32 Å². The highest BCUT2D eigenvalue weighted by Crippen LogP contribution is 2.29. The Balaban J connectivity index is 1.84. The molecule has 0 spiro atoms. The Morgan fingerprint density at radius 1 is 1.35 bits per heavy atom. The van der Waals surface area contributed by atoms with Gasteiger partial charge in [0.2, 0.25) is 0 Å². The van der Waals surface area contributed by atoms with E-state index in [1.165, 1.54) is 5.56 Å². The lowest BCUT2D eigenvalue weighted by Gasteiger charge is -2.25. The fraction of sp³-hybridized carbons (Fsp3) is 0.200. The average Bonchev–Trinajstić information content (AvgIpc) is 2.49. The molecule has 1 aromatic carbocycles. The maximum atomic E-state index is 12.4. The minimum absolute atomic E-state index is 0.163. The summed E-state index contributed by atoms with van der Waals surface area (Å²) in [6, 6.07) is 9.65. The van der Waals surface area contributed by atoms with Gasteiger partial charge in [0, 0.05) is 12.4 Å². The van der Waals surface area contributed by atoms with E-state index >= 15 is 0 Å². The van der Waals surface area contributed by atoms with Crippen LogP contribution in [0.3, 0.4) is 0 Å². The van der Waals surface area contributed by atoms with Crippen molar-refractivity contribution in [2.24, 2.45) is 0 Å². The molecular formula is C15H13BrN2O2. The van der Waals surface area contributed by atoms with Crippen LogP contribution in [-0.4, -0.2) is 17.5 Å². The number of hydrogen-bond donors (Lipinski definition) is 1. The fourth-order valence-electron chi connectivity index (χ4n) is 2.29. The Bertz CT molecular complexity index is 645. The average molecular weight is 333 g/mol. The number of carbonyl (C=O) groups is 1. The zero-order valence-corrected chi connectivity index (χ0v) is 12.3. The zero-order chi connectivity index (χ0) is 13.9. The lowest BCUT2D eigenvalue weighted by Crippen LogP contribution is -2.28. The Kier molecular flexibility index (Phi) is 3.80. The Labute approximate surface area is 125 Å². The summed E-state index contributed by atoms with van der Waals surface area (Å²) < 4.78 is 6.38. The number of nitrogens with zero attached hydrogens (tertiary/aromatic N) is 1. The second-order valence-electron chi connectivity index (χ2n) is 4.54. The summed E-state index contributed by atoms with van der Waals surface area (Å²) in [6.07, 6.45) is 3.57. The highest BCUT2D eigenvalue weighted by Gasteiger charge is 2.27. The predicted octanol–water partition coefficient (Wildman–Crippen LogP) is 3.10. The summed E-state index contributed by atoms with van der Waals surface area (Å²) in [7, 11) is 0. The van der Waals surface area contributed by atoms with Crippen LogP contribution in [0.2, 0.25) is 0 Å². The summed E-state index contributed by atoms with van der Waals surface area (Å²) in [5.74, 6) is -0.163. The third kappa shape index (κ3) is 2.59. The maximum absolute atomic E-state index is 12.4. The Morgan fingerprint density at radius 3 is 3.05 bits per heavy atom. The van der Waals surface area contributed by atoms with Crippen LogP contribution in [0.1, 0.15) is 17.2 Å². The van der Waals surface area contributed by atoms with Gasteiger partial charge in [-0.2, -0.15) is 0 Å². The minimum atomic E-state index is -0.556. The molecule has 1 unspecified atom stereocenters. The molecule has 0 saturated carbocycles. The summed E-state index contributed by atoms with van der Waals surface area (Å²) >= 11 is 3.36. The summed E-state index contributed by atoms with van der Waals surface area (Å²) in [5.41, 5.74) is 2.81. The molecule has 1 amide bonds. The topological polar surface area (TPSA) is 51.2 Å². The van der Waals surface area contributed by atoms with Gasteiger partial charge < -0.3 is 10.1 Å². The number of anilines is 1.